The highest BCUT2D eigenvalue weighted by molar-refractivity contribution is 6.35. The van der Waals surface area contributed by atoms with E-state index in [1.807, 2.05) is 30.3 Å². The molecule has 0 saturated heterocycles. The summed E-state index contributed by atoms with van der Waals surface area (Å²) in [4.78, 5) is 11.1. The van der Waals surface area contributed by atoms with Gasteiger partial charge in [0.05, 0.1) is 5.56 Å². The third-order valence-electron chi connectivity index (χ3n) is 5.00. The molecule has 0 aliphatic heterocycles. The molecule has 0 heterocycles. The molecule has 0 saturated carbocycles. The Morgan fingerprint density at radius 1 is 0.935 bits per heavy atom. The lowest BCUT2D eigenvalue weighted by molar-refractivity contribution is 0.0697. The minimum atomic E-state index is -0.947. The zero-order chi connectivity index (χ0) is 21.8. The Morgan fingerprint density at radius 3 is 2.45 bits per heavy atom. The van der Waals surface area contributed by atoms with Crippen LogP contribution in [0.1, 0.15) is 21.5 Å². The van der Waals surface area contributed by atoms with Crippen LogP contribution in [-0.4, -0.2) is 11.1 Å². The second-order valence-corrected chi connectivity index (χ2v) is 7.87. The van der Waals surface area contributed by atoms with Crippen molar-refractivity contribution in [3.05, 3.63) is 106 Å². The van der Waals surface area contributed by atoms with Crippen molar-refractivity contribution in [2.45, 2.75) is 13.2 Å². The predicted molar refractivity (Wildman–Crippen MR) is 125 cm³/mol. The summed E-state index contributed by atoms with van der Waals surface area (Å²) in [5.74, 6) is -0.198. The van der Waals surface area contributed by atoms with E-state index in [2.05, 4.69) is 17.4 Å². The van der Waals surface area contributed by atoms with Gasteiger partial charge in [-0.2, -0.15) is 0 Å². The lowest BCUT2D eigenvalue weighted by Gasteiger charge is -2.16. The number of fused-ring (bicyclic) bond motifs is 1. The smallest absolute Gasteiger partial charge is 0.335 e. The minimum absolute atomic E-state index is 0.250. The molecule has 0 radical (unpaired) electrons. The molecule has 2 N–H and O–H groups in total. The van der Waals surface area contributed by atoms with Gasteiger partial charge in [0.25, 0.3) is 0 Å². The first kappa shape index (κ1) is 21.0. The molecule has 0 spiro atoms. The molecule has 6 heteroatoms. The maximum Gasteiger partial charge on any atom is 0.335 e. The van der Waals surface area contributed by atoms with E-state index in [4.69, 9.17) is 33.0 Å². The van der Waals surface area contributed by atoms with Crippen molar-refractivity contribution in [2.75, 3.05) is 5.32 Å². The largest absolute Gasteiger partial charge is 0.488 e. The van der Waals surface area contributed by atoms with Gasteiger partial charge in [-0.1, -0.05) is 59.6 Å². The second-order valence-electron chi connectivity index (χ2n) is 7.02. The number of halogens is 2. The van der Waals surface area contributed by atoms with Crippen LogP contribution in [0.2, 0.25) is 10.0 Å². The average molecular weight is 452 g/mol. The Bertz CT molecular complexity index is 1240. The summed E-state index contributed by atoms with van der Waals surface area (Å²) in [6, 6.07) is 24.1. The van der Waals surface area contributed by atoms with Crippen LogP contribution in [-0.2, 0) is 13.2 Å². The van der Waals surface area contributed by atoms with Crippen molar-refractivity contribution in [3.63, 3.8) is 0 Å². The van der Waals surface area contributed by atoms with Gasteiger partial charge in [-0.3, -0.25) is 0 Å². The topological polar surface area (TPSA) is 58.6 Å². The summed E-state index contributed by atoms with van der Waals surface area (Å²) < 4.78 is 6.15. The van der Waals surface area contributed by atoms with Gasteiger partial charge in [0.1, 0.15) is 12.4 Å². The monoisotopic (exact) mass is 451 g/mol. The normalized spacial score (nSPS) is 10.8. The molecule has 0 bridgehead atoms. The molecule has 4 rings (SSSR count). The van der Waals surface area contributed by atoms with Crippen LogP contribution in [0.3, 0.4) is 0 Å². The van der Waals surface area contributed by atoms with Crippen molar-refractivity contribution in [1.82, 2.24) is 0 Å². The van der Waals surface area contributed by atoms with Gasteiger partial charge >= 0.3 is 5.97 Å². The lowest BCUT2D eigenvalue weighted by atomic mass is 10.0. The molecule has 0 atom stereocenters. The molecule has 0 aliphatic carbocycles. The van der Waals surface area contributed by atoms with Gasteiger partial charge in [-0.25, -0.2) is 4.79 Å². The molecule has 4 aromatic carbocycles. The van der Waals surface area contributed by atoms with E-state index in [1.54, 1.807) is 36.4 Å². The SMILES string of the molecule is O=C(O)c1ccc(NCc2c(OCc3ccc(Cl)cc3Cl)ccc3ccccc23)cc1. The summed E-state index contributed by atoms with van der Waals surface area (Å²) in [5, 5.41) is 15.8. The fourth-order valence-corrected chi connectivity index (χ4v) is 3.81. The number of carbonyl (C=O) groups is 1. The maximum absolute atomic E-state index is 11.1. The Labute approximate surface area is 190 Å². The van der Waals surface area contributed by atoms with Crippen molar-refractivity contribution >= 4 is 45.6 Å². The Morgan fingerprint density at radius 2 is 1.71 bits per heavy atom. The second kappa shape index (κ2) is 9.29. The van der Waals surface area contributed by atoms with Crippen LogP contribution < -0.4 is 10.1 Å². The zero-order valence-electron chi connectivity index (χ0n) is 16.4. The van der Waals surface area contributed by atoms with Gasteiger partial charge in [0.15, 0.2) is 0 Å². The van der Waals surface area contributed by atoms with Gasteiger partial charge in [0.2, 0.25) is 0 Å². The molecule has 31 heavy (non-hydrogen) atoms. The predicted octanol–water partition coefficient (Wildman–Crippen LogP) is 7.04. The van der Waals surface area contributed by atoms with Gasteiger partial charge in [-0.15, -0.1) is 0 Å². The Balaban J connectivity index is 1.59. The summed E-state index contributed by atoms with van der Waals surface area (Å²) in [7, 11) is 0. The molecule has 4 aromatic rings. The van der Waals surface area contributed by atoms with Crippen molar-refractivity contribution in [2.24, 2.45) is 0 Å². The van der Waals surface area contributed by atoms with E-state index in [9.17, 15) is 4.79 Å². The number of anilines is 1. The van der Waals surface area contributed by atoms with Crippen LogP contribution in [0.5, 0.6) is 5.75 Å². The number of rotatable bonds is 7. The molecule has 0 unspecified atom stereocenters. The first-order valence-corrected chi connectivity index (χ1v) is 10.4. The Hall–Kier alpha value is -3.21. The number of carboxylic acid groups (broad SMARTS) is 1. The van der Waals surface area contributed by atoms with Crippen LogP contribution in [0.15, 0.2) is 78.9 Å². The highest BCUT2D eigenvalue weighted by atomic mass is 35.5. The summed E-state index contributed by atoms with van der Waals surface area (Å²) in [6.07, 6.45) is 0. The quantitative estimate of drug-likeness (QED) is 0.316. The number of ether oxygens (including phenoxy) is 1. The standard InChI is InChI=1S/C25H19Cl2NO3/c26-19-9-5-18(23(27)13-19)15-31-24-12-8-16-3-1-2-4-21(16)22(24)14-28-20-10-6-17(7-11-20)25(29)30/h1-13,28H,14-15H2,(H,29,30). The van der Waals surface area contributed by atoms with E-state index < -0.39 is 5.97 Å². The Kier molecular flexibility index (Phi) is 6.31. The van der Waals surface area contributed by atoms with Crippen LogP contribution in [0.4, 0.5) is 5.69 Å². The fourth-order valence-electron chi connectivity index (χ4n) is 3.35. The zero-order valence-corrected chi connectivity index (χ0v) is 18.0. The summed E-state index contributed by atoms with van der Waals surface area (Å²) in [6.45, 7) is 0.826. The van der Waals surface area contributed by atoms with Crippen molar-refractivity contribution in [3.8, 4) is 5.75 Å². The molecule has 4 nitrogen and oxygen atoms in total. The number of aromatic carboxylic acids is 1. The molecular formula is C25H19Cl2NO3. The first-order valence-electron chi connectivity index (χ1n) is 9.66. The molecule has 0 fully saturated rings. The molecule has 0 aliphatic rings. The number of hydrogen-bond acceptors (Lipinski definition) is 3. The molecular weight excluding hydrogens is 433 g/mol. The first-order chi connectivity index (χ1) is 15.0. The fraction of sp³-hybridized carbons (Fsp3) is 0.0800. The maximum atomic E-state index is 11.1. The van der Waals surface area contributed by atoms with E-state index in [0.717, 1.165) is 33.3 Å². The van der Waals surface area contributed by atoms with Crippen molar-refractivity contribution in [1.29, 1.82) is 0 Å². The van der Waals surface area contributed by atoms with Gasteiger partial charge < -0.3 is 15.2 Å². The third-order valence-corrected chi connectivity index (χ3v) is 5.58. The average Bonchev–Trinajstić information content (AvgIpc) is 2.77. The number of nitrogens with one attached hydrogen (secondary N) is 1. The van der Waals surface area contributed by atoms with E-state index in [1.165, 1.54) is 0 Å². The van der Waals surface area contributed by atoms with Crippen LogP contribution in [0.25, 0.3) is 10.8 Å². The lowest BCUT2D eigenvalue weighted by Crippen LogP contribution is -2.05. The molecule has 156 valence electrons. The third kappa shape index (κ3) is 4.93. The molecule has 0 aromatic heterocycles. The number of hydrogen-bond donors (Lipinski definition) is 2. The van der Waals surface area contributed by atoms with E-state index in [0.29, 0.717) is 23.2 Å². The highest BCUT2D eigenvalue weighted by Gasteiger charge is 2.11. The highest BCUT2D eigenvalue weighted by Crippen LogP contribution is 2.31. The van der Waals surface area contributed by atoms with E-state index in [-0.39, 0.29) is 5.56 Å². The number of carboxylic acids is 1. The van der Waals surface area contributed by atoms with Crippen molar-refractivity contribution < 1.29 is 14.6 Å². The van der Waals surface area contributed by atoms with Crippen LogP contribution in [0, 0.1) is 0 Å². The minimum Gasteiger partial charge on any atom is -0.488 e. The van der Waals surface area contributed by atoms with Gasteiger partial charge in [0, 0.05) is 33.4 Å². The van der Waals surface area contributed by atoms with Crippen LogP contribution >= 0.6 is 23.2 Å². The molecule has 0 amide bonds. The summed E-state index contributed by atoms with van der Waals surface area (Å²) in [5.41, 5.74) is 2.93. The summed E-state index contributed by atoms with van der Waals surface area (Å²) >= 11 is 12.3. The van der Waals surface area contributed by atoms with Gasteiger partial charge in [-0.05, 0) is 53.2 Å². The number of benzene rings is 4. The van der Waals surface area contributed by atoms with E-state index >= 15 is 0 Å².